The normalized spacial score (nSPS) is 12.0. The van der Waals surface area contributed by atoms with E-state index >= 15 is 0 Å². The van der Waals surface area contributed by atoms with E-state index in [2.05, 4.69) is 6.58 Å². The topological polar surface area (TPSA) is 33.0 Å². The Morgan fingerprint density at radius 1 is 1.89 bits per heavy atom. The van der Waals surface area contributed by atoms with E-state index in [-0.39, 0.29) is 6.10 Å². The number of nitrogens with zero attached hydrogens (tertiary/aromatic N) is 1. The Bertz CT molecular complexity index is 115. The van der Waals surface area contributed by atoms with Crippen molar-refractivity contribution in [2.24, 2.45) is 0 Å². The van der Waals surface area contributed by atoms with Crippen molar-refractivity contribution in [2.75, 3.05) is 6.61 Å². The summed E-state index contributed by atoms with van der Waals surface area (Å²) in [6.07, 6.45) is 2.29. The maximum atomic E-state index is 8.23. The van der Waals surface area contributed by atoms with Gasteiger partial charge in [0.05, 0.1) is 12.7 Å². The molecule has 0 fully saturated rings. The molecular weight excluding hydrogens is 114 g/mol. The van der Waals surface area contributed by atoms with Crippen molar-refractivity contribution in [1.82, 2.24) is 0 Å². The van der Waals surface area contributed by atoms with Crippen molar-refractivity contribution in [1.29, 1.82) is 5.26 Å². The van der Waals surface area contributed by atoms with E-state index in [9.17, 15) is 0 Å². The third-order valence-corrected chi connectivity index (χ3v) is 0.872. The molecule has 0 radical (unpaired) electrons. The van der Waals surface area contributed by atoms with Crippen LogP contribution in [0.15, 0.2) is 12.7 Å². The standard InChI is InChI=1S/C7H11NO/c1-3-4-5-9-7(2)6-8/h3,7H,1,4-5H2,2H3. The van der Waals surface area contributed by atoms with Gasteiger partial charge in [-0.25, -0.2) is 0 Å². The first kappa shape index (κ1) is 8.19. The third-order valence-electron chi connectivity index (χ3n) is 0.872. The summed E-state index contributed by atoms with van der Waals surface area (Å²) < 4.78 is 5.00. The molecule has 2 nitrogen and oxygen atoms in total. The van der Waals surface area contributed by atoms with Crippen molar-refractivity contribution in [3.05, 3.63) is 12.7 Å². The van der Waals surface area contributed by atoms with Gasteiger partial charge < -0.3 is 4.74 Å². The fourth-order valence-electron chi connectivity index (χ4n) is 0.365. The zero-order valence-corrected chi connectivity index (χ0v) is 5.63. The third kappa shape index (κ3) is 5.05. The van der Waals surface area contributed by atoms with Gasteiger partial charge in [-0.2, -0.15) is 5.26 Å². The number of hydrogen-bond donors (Lipinski definition) is 0. The fraction of sp³-hybridized carbons (Fsp3) is 0.571. The number of rotatable bonds is 4. The Hall–Kier alpha value is -0.810. The van der Waals surface area contributed by atoms with E-state index in [1.54, 1.807) is 13.0 Å². The van der Waals surface area contributed by atoms with Gasteiger partial charge in [0.15, 0.2) is 0 Å². The minimum Gasteiger partial charge on any atom is -0.363 e. The average molecular weight is 125 g/mol. The Kier molecular flexibility index (Phi) is 4.85. The second-order valence-electron chi connectivity index (χ2n) is 1.72. The first-order valence-corrected chi connectivity index (χ1v) is 2.93. The van der Waals surface area contributed by atoms with Gasteiger partial charge in [0, 0.05) is 0 Å². The lowest BCUT2D eigenvalue weighted by Gasteiger charge is -2.00. The van der Waals surface area contributed by atoms with Crippen LogP contribution in [0, 0.1) is 11.3 Å². The molecule has 0 heterocycles. The van der Waals surface area contributed by atoms with E-state index in [4.69, 9.17) is 10.00 Å². The van der Waals surface area contributed by atoms with Crippen LogP contribution in [0.4, 0.5) is 0 Å². The summed E-state index contributed by atoms with van der Waals surface area (Å²) >= 11 is 0. The predicted octanol–water partition coefficient (Wildman–Crippen LogP) is 1.49. The van der Waals surface area contributed by atoms with Crippen molar-refractivity contribution in [3.63, 3.8) is 0 Å². The largest absolute Gasteiger partial charge is 0.363 e. The molecule has 0 spiro atoms. The van der Waals surface area contributed by atoms with Gasteiger partial charge in [-0.3, -0.25) is 0 Å². The van der Waals surface area contributed by atoms with Gasteiger partial charge in [-0.15, -0.1) is 6.58 Å². The number of nitriles is 1. The molecule has 1 atom stereocenters. The molecule has 9 heavy (non-hydrogen) atoms. The van der Waals surface area contributed by atoms with E-state index in [1.807, 2.05) is 6.07 Å². The molecule has 0 saturated carbocycles. The smallest absolute Gasteiger partial charge is 0.141 e. The lowest BCUT2D eigenvalue weighted by molar-refractivity contribution is 0.106. The summed E-state index contributed by atoms with van der Waals surface area (Å²) in [5, 5.41) is 8.23. The van der Waals surface area contributed by atoms with Crippen LogP contribution in [0.2, 0.25) is 0 Å². The molecule has 1 unspecified atom stereocenters. The van der Waals surface area contributed by atoms with Crippen molar-refractivity contribution in [2.45, 2.75) is 19.4 Å². The van der Waals surface area contributed by atoms with Crippen molar-refractivity contribution in [3.8, 4) is 6.07 Å². The van der Waals surface area contributed by atoms with Gasteiger partial charge in [0.2, 0.25) is 0 Å². The summed E-state index contributed by atoms with van der Waals surface area (Å²) in [5.41, 5.74) is 0. The Labute approximate surface area is 55.7 Å². The minimum absolute atomic E-state index is 0.287. The van der Waals surface area contributed by atoms with Gasteiger partial charge in [-0.05, 0) is 13.3 Å². The van der Waals surface area contributed by atoms with Crippen LogP contribution in [0.1, 0.15) is 13.3 Å². The number of ether oxygens (including phenoxy) is 1. The Morgan fingerprint density at radius 3 is 3.00 bits per heavy atom. The van der Waals surface area contributed by atoms with Crippen molar-refractivity contribution >= 4 is 0 Å². The summed E-state index contributed by atoms with van der Waals surface area (Å²) in [6.45, 7) is 5.84. The molecule has 0 aromatic carbocycles. The maximum absolute atomic E-state index is 8.23. The zero-order valence-electron chi connectivity index (χ0n) is 5.63. The van der Waals surface area contributed by atoms with Gasteiger partial charge in [-0.1, -0.05) is 6.08 Å². The summed E-state index contributed by atoms with van der Waals surface area (Å²) in [5.74, 6) is 0. The predicted molar refractivity (Wildman–Crippen MR) is 35.8 cm³/mol. The van der Waals surface area contributed by atoms with E-state index in [0.717, 1.165) is 6.42 Å². The van der Waals surface area contributed by atoms with Crippen LogP contribution in [0.3, 0.4) is 0 Å². The average Bonchev–Trinajstić information content (AvgIpc) is 1.89. The first-order chi connectivity index (χ1) is 4.31. The quantitative estimate of drug-likeness (QED) is 0.421. The highest BCUT2D eigenvalue weighted by atomic mass is 16.5. The van der Waals surface area contributed by atoms with Crippen molar-refractivity contribution < 1.29 is 4.74 Å². The second kappa shape index (κ2) is 5.33. The number of hydrogen-bond acceptors (Lipinski definition) is 2. The molecule has 0 saturated heterocycles. The molecule has 0 aliphatic carbocycles. The van der Waals surface area contributed by atoms with Gasteiger partial charge >= 0.3 is 0 Å². The molecule has 0 amide bonds. The molecule has 0 bridgehead atoms. The molecule has 0 rings (SSSR count). The summed E-state index contributed by atoms with van der Waals surface area (Å²) in [6, 6.07) is 1.97. The fourth-order valence-corrected chi connectivity index (χ4v) is 0.365. The molecule has 0 aliphatic heterocycles. The SMILES string of the molecule is C=CCCOC(C)C#N. The van der Waals surface area contributed by atoms with Gasteiger partial charge in [0.25, 0.3) is 0 Å². The molecule has 0 aromatic heterocycles. The Balaban J connectivity index is 3.08. The van der Waals surface area contributed by atoms with Crippen LogP contribution in [0.25, 0.3) is 0 Å². The van der Waals surface area contributed by atoms with E-state index in [1.165, 1.54) is 0 Å². The Morgan fingerprint density at radius 2 is 2.56 bits per heavy atom. The minimum atomic E-state index is -0.287. The lowest BCUT2D eigenvalue weighted by Crippen LogP contribution is -2.04. The molecule has 0 aromatic rings. The van der Waals surface area contributed by atoms with Crippen LogP contribution >= 0.6 is 0 Å². The maximum Gasteiger partial charge on any atom is 0.141 e. The monoisotopic (exact) mass is 125 g/mol. The summed E-state index contributed by atoms with van der Waals surface area (Å²) in [4.78, 5) is 0. The highest BCUT2D eigenvalue weighted by molar-refractivity contribution is 4.79. The van der Waals surface area contributed by atoms with E-state index in [0.29, 0.717) is 6.61 Å². The molecule has 0 aliphatic rings. The second-order valence-corrected chi connectivity index (χ2v) is 1.72. The lowest BCUT2D eigenvalue weighted by atomic mass is 10.4. The summed E-state index contributed by atoms with van der Waals surface area (Å²) in [7, 11) is 0. The molecule has 50 valence electrons. The van der Waals surface area contributed by atoms with Crippen LogP contribution in [0.5, 0.6) is 0 Å². The molecule has 2 heteroatoms. The highest BCUT2D eigenvalue weighted by Crippen LogP contribution is 1.89. The van der Waals surface area contributed by atoms with Crippen LogP contribution < -0.4 is 0 Å². The van der Waals surface area contributed by atoms with Gasteiger partial charge in [0.1, 0.15) is 6.10 Å². The molecular formula is C7H11NO. The highest BCUT2D eigenvalue weighted by Gasteiger charge is 1.94. The zero-order chi connectivity index (χ0) is 7.11. The first-order valence-electron chi connectivity index (χ1n) is 2.93. The van der Waals surface area contributed by atoms with Crippen LogP contribution in [-0.4, -0.2) is 12.7 Å². The van der Waals surface area contributed by atoms with Crippen LogP contribution in [-0.2, 0) is 4.74 Å². The molecule has 0 N–H and O–H groups in total. The van der Waals surface area contributed by atoms with E-state index < -0.39 is 0 Å².